The molecular formula is C14H17NO. The second-order valence-corrected chi connectivity index (χ2v) is 4.29. The molecule has 2 nitrogen and oxygen atoms in total. The molecule has 0 aromatic heterocycles. The van der Waals surface area contributed by atoms with E-state index in [0.29, 0.717) is 0 Å². The van der Waals surface area contributed by atoms with Gasteiger partial charge in [-0.25, -0.2) is 0 Å². The molecule has 2 rings (SSSR count). The van der Waals surface area contributed by atoms with Crippen molar-refractivity contribution in [3.8, 4) is 12.3 Å². The maximum absolute atomic E-state index is 5.53. The summed E-state index contributed by atoms with van der Waals surface area (Å²) in [5.41, 5.74) is 0.959. The predicted octanol–water partition coefficient (Wildman–Crippen LogP) is 1.91. The lowest BCUT2D eigenvalue weighted by molar-refractivity contribution is 0.0481. The summed E-state index contributed by atoms with van der Waals surface area (Å²) in [5, 5.41) is 0. The summed E-state index contributed by atoms with van der Waals surface area (Å²) in [6, 6.07) is 10.5. The molecular weight excluding hydrogens is 198 g/mol. The van der Waals surface area contributed by atoms with E-state index < -0.39 is 0 Å². The fraction of sp³-hybridized carbons (Fsp3) is 0.429. The highest BCUT2D eigenvalue weighted by atomic mass is 16.5. The lowest BCUT2D eigenvalue weighted by Crippen LogP contribution is -2.33. The minimum absolute atomic E-state index is 0.366. The minimum atomic E-state index is -0.366. The highest BCUT2D eigenvalue weighted by Gasteiger charge is 2.36. The number of nitrogens with zero attached hydrogens (tertiary/aromatic N) is 1. The van der Waals surface area contributed by atoms with Gasteiger partial charge in [0.25, 0.3) is 0 Å². The van der Waals surface area contributed by atoms with Gasteiger partial charge >= 0.3 is 0 Å². The summed E-state index contributed by atoms with van der Waals surface area (Å²) in [4.78, 5) is 2.35. The number of terminal acetylenes is 1. The first-order chi connectivity index (χ1) is 7.78. The van der Waals surface area contributed by atoms with Gasteiger partial charge in [0.15, 0.2) is 0 Å². The van der Waals surface area contributed by atoms with Crippen molar-refractivity contribution >= 4 is 0 Å². The fourth-order valence-electron chi connectivity index (χ4n) is 2.18. The van der Waals surface area contributed by atoms with Gasteiger partial charge in [-0.15, -0.1) is 6.42 Å². The largest absolute Gasteiger partial charge is 0.364 e. The van der Waals surface area contributed by atoms with E-state index in [-0.39, 0.29) is 5.60 Å². The van der Waals surface area contributed by atoms with E-state index in [1.54, 1.807) is 7.11 Å². The first-order valence-corrected chi connectivity index (χ1v) is 5.57. The van der Waals surface area contributed by atoms with Gasteiger partial charge in [-0.2, -0.15) is 0 Å². The van der Waals surface area contributed by atoms with Crippen LogP contribution in [-0.4, -0.2) is 30.7 Å². The second-order valence-electron chi connectivity index (χ2n) is 4.29. The number of hydrogen-bond acceptors (Lipinski definition) is 2. The van der Waals surface area contributed by atoms with Crippen LogP contribution in [0.25, 0.3) is 0 Å². The van der Waals surface area contributed by atoms with Gasteiger partial charge in [0.05, 0.1) is 0 Å². The minimum Gasteiger partial charge on any atom is -0.364 e. The summed E-state index contributed by atoms with van der Waals surface area (Å²) in [5.74, 6) is 2.78. The molecule has 2 heteroatoms. The molecule has 0 saturated carbocycles. The summed E-state index contributed by atoms with van der Waals surface area (Å²) >= 11 is 0. The average Bonchev–Trinajstić information content (AvgIpc) is 2.75. The Morgan fingerprint density at radius 1 is 1.44 bits per heavy atom. The lowest BCUT2D eigenvalue weighted by Gasteiger charge is -2.22. The maximum Gasteiger partial charge on any atom is 0.141 e. The molecule has 1 atom stereocenters. The van der Waals surface area contributed by atoms with Crippen molar-refractivity contribution in [2.24, 2.45) is 0 Å². The number of methoxy groups -OCH3 is 1. The number of benzene rings is 1. The molecule has 0 radical (unpaired) electrons. The molecule has 1 aliphatic heterocycles. The molecule has 0 aliphatic carbocycles. The van der Waals surface area contributed by atoms with Crippen LogP contribution in [0.3, 0.4) is 0 Å². The van der Waals surface area contributed by atoms with Crippen molar-refractivity contribution in [3.63, 3.8) is 0 Å². The first kappa shape index (κ1) is 11.2. The molecule has 1 aromatic rings. The van der Waals surface area contributed by atoms with E-state index in [0.717, 1.165) is 26.1 Å². The highest BCUT2D eigenvalue weighted by Crippen LogP contribution is 2.25. The van der Waals surface area contributed by atoms with E-state index in [1.807, 2.05) is 6.07 Å². The molecule has 1 heterocycles. The number of likely N-dealkylation sites (tertiary alicyclic amines) is 1. The van der Waals surface area contributed by atoms with Crippen LogP contribution in [0.15, 0.2) is 30.3 Å². The van der Waals surface area contributed by atoms with Crippen molar-refractivity contribution in [1.82, 2.24) is 4.90 Å². The number of ether oxygens (including phenoxy) is 1. The number of hydrogen-bond donors (Lipinski definition) is 0. The van der Waals surface area contributed by atoms with Crippen LogP contribution in [-0.2, 0) is 11.3 Å². The third-order valence-corrected chi connectivity index (χ3v) is 3.21. The molecule has 16 heavy (non-hydrogen) atoms. The Labute approximate surface area is 97.2 Å². The van der Waals surface area contributed by atoms with Gasteiger partial charge in [0.2, 0.25) is 0 Å². The number of rotatable bonds is 3. The van der Waals surface area contributed by atoms with Crippen molar-refractivity contribution in [2.45, 2.75) is 18.6 Å². The first-order valence-electron chi connectivity index (χ1n) is 5.57. The maximum atomic E-state index is 5.53. The zero-order chi connectivity index (χ0) is 11.4. The van der Waals surface area contributed by atoms with Crippen LogP contribution >= 0.6 is 0 Å². The van der Waals surface area contributed by atoms with Gasteiger partial charge in [-0.05, 0) is 5.56 Å². The Kier molecular flexibility index (Phi) is 3.28. The molecule has 1 aromatic carbocycles. The summed E-state index contributed by atoms with van der Waals surface area (Å²) in [6.45, 7) is 2.79. The zero-order valence-corrected chi connectivity index (χ0v) is 9.65. The normalized spacial score (nSPS) is 25.5. The average molecular weight is 215 g/mol. The molecule has 1 saturated heterocycles. The van der Waals surface area contributed by atoms with Crippen LogP contribution in [0.5, 0.6) is 0 Å². The van der Waals surface area contributed by atoms with Gasteiger partial charge in [-0.1, -0.05) is 36.3 Å². The van der Waals surface area contributed by atoms with Crippen molar-refractivity contribution in [2.75, 3.05) is 20.2 Å². The van der Waals surface area contributed by atoms with Crippen molar-refractivity contribution in [3.05, 3.63) is 35.9 Å². The van der Waals surface area contributed by atoms with E-state index in [4.69, 9.17) is 11.2 Å². The molecule has 84 valence electrons. The Hall–Kier alpha value is -1.30. The third-order valence-electron chi connectivity index (χ3n) is 3.21. The Morgan fingerprint density at radius 2 is 2.19 bits per heavy atom. The molecule has 0 N–H and O–H groups in total. The highest BCUT2D eigenvalue weighted by molar-refractivity contribution is 5.17. The molecule has 0 amide bonds. The van der Waals surface area contributed by atoms with Gasteiger partial charge < -0.3 is 4.74 Å². The van der Waals surface area contributed by atoms with Crippen LogP contribution in [0.1, 0.15) is 12.0 Å². The molecule has 1 aliphatic rings. The molecule has 0 unspecified atom stereocenters. The summed E-state index contributed by atoms with van der Waals surface area (Å²) < 4.78 is 5.44. The molecule has 0 bridgehead atoms. The Morgan fingerprint density at radius 3 is 2.75 bits per heavy atom. The molecule has 0 spiro atoms. The zero-order valence-electron chi connectivity index (χ0n) is 9.65. The topological polar surface area (TPSA) is 12.5 Å². The van der Waals surface area contributed by atoms with E-state index in [9.17, 15) is 0 Å². The fourth-order valence-corrected chi connectivity index (χ4v) is 2.18. The van der Waals surface area contributed by atoms with E-state index >= 15 is 0 Å². The molecule has 1 fully saturated rings. The van der Waals surface area contributed by atoms with Gasteiger partial charge in [-0.3, -0.25) is 4.90 Å². The SMILES string of the molecule is C#C[C@@]1(OC)CCN(Cc2ccccc2)C1. The van der Waals surface area contributed by atoms with Crippen LogP contribution < -0.4 is 0 Å². The third kappa shape index (κ3) is 2.27. The quantitative estimate of drug-likeness (QED) is 0.714. The van der Waals surface area contributed by atoms with Crippen LogP contribution in [0.2, 0.25) is 0 Å². The van der Waals surface area contributed by atoms with Crippen LogP contribution in [0, 0.1) is 12.3 Å². The smallest absolute Gasteiger partial charge is 0.141 e. The Balaban J connectivity index is 1.98. The van der Waals surface area contributed by atoms with E-state index in [2.05, 4.69) is 35.1 Å². The predicted molar refractivity (Wildman–Crippen MR) is 64.9 cm³/mol. The standard InChI is InChI=1S/C14H17NO/c1-3-14(16-2)9-10-15(12-14)11-13-7-5-4-6-8-13/h1,4-8H,9-12H2,2H3/t14-/m1/s1. The summed E-state index contributed by atoms with van der Waals surface area (Å²) in [6.07, 6.45) is 6.46. The summed E-state index contributed by atoms with van der Waals surface area (Å²) in [7, 11) is 1.70. The Bertz CT molecular complexity index is 381. The lowest BCUT2D eigenvalue weighted by atomic mass is 10.1. The van der Waals surface area contributed by atoms with Crippen molar-refractivity contribution < 1.29 is 4.74 Å². The van der Waals surface area contributed by atoms with Gasteiger partial charge in [0.1, 0.15) is 5.60 Å². The second kappa shape index (κ2) is 4.69. The monoisotopic (exact) mass is 215 g/mol. The van der Waals surface area contributed by atoms with Crippen LogP contribution in [0.4, 0.5) is 0 Å². The van der Waals surface area contributed by atoms with E-state index in [1.165, 1.54) is 5.56 Å². The van der Waals surface area contributed by atoms with Crippen molar-refractivity contribution in [1.29, 1.82) is 0 Å². The van der Waals surface area contributed by atoms with Gasteiger partial charge in [0, 0.05) is 33.2 Å².